The van der Waals surface area contributed by atoms with Crippen LogP contribution in [0.5, 0.6) is 0 Å². The third-order valence-corrected chi connectivity index (χ3v) is 6.18. The van der Waals surface area contributed by atoms with Gasteiger partial charge < -0.3 is 10.6 Å². The molecule has 0 aliphatic heterocycles. The number of hydrogen-bond acceptors (Lipinski definition) is 3. The van der Waals surface area contributed by atoms with Crippen LogP contribution >= 0.6 is 24.0 Å². The van der Waals surface area contributed by atoms with Crippen LogP contribution in [0.1, 0.15) is 50.3 Å². The highest BCUT2D eigenvalue weighted by Gasteiger charge is 2.30. The normalized spacial score (nSPS) is 16.4. The molecule has 2 rings (SSSR count). The van der Waals surface area contributed by atoms with E-state index in [4.69, 9.17) is 0 Å². The average molecular weight is 562 g/mol. The molecule has 0 amide bonds. The number of halogens is 4. The Morgan fingerprint density at radius 1 is 1.30 bits per heavy atom. The Hall–Kier alpha value is -1.08. The van der Waals surface area contributed by atoms with Crippen LogP contribution in [-0.4, -0.2) is 39.8 Å². The van der Waals surface area contributed by atoms with Crippen LogP contribution in [0.4, 0.5) is 13.2 Å². The Morgan fingerprint density at radius 3 is 2.57 bits per heavy atom. The van der Waals surface area contributed by atoms with Gasteiger partial charge in [0.1, 0.15) is 0 Å². The molecule has 0 spiro atoms. The molecule has 172 valence electrons. The molecule has 1 unspecified atom stereocenters. The van der Waals surface area contributed by atoms with Gasteiger partial charge in [0.05, 0.1) is 23.9 Å². The number of hydrogen-bond donors (Lipinski definition) is 3. The van der Waals surface area contributed by atoms with Gasteiger partial charge in [-0.05, 0) is 50.3 Å². The van der Waals surface area contributed by atoms with Crippen molar-refractivity contribution in [1.82, 2.24) is 15.4 Å². The van der Waals surface area contributed by atoms with E-state index in [0.717, 1.165) is 31.4 Å². The highest BCUT2D eigenvalue weighted by molar-refractivity contribution is 14.0. The summed E-state index contributed by atoms with van der Waals surface area (Å²) in [5.74, 6) is 0.640. The predicted octanol–water partition coefficient (Wildman–Crippen LogP) is 3.66. The van der Waals surface area contributed by atoms with E-state index in [9.17, 15) is 21.6 Å². The fourth-order valence-corrected chi connectivity index (χ4v) is 3.85. The minimum Gasteiger partial charge on any atom is -0.357 e. The number of benzene rings is 1. The molecule has 1 fully saturated rings. The molecule has 1 aromatic rings. The third-order valence-electron chi connectivity index (χ3n) is 4.86. The van der Waals surface area contributed by atoms with Crippen molar-refractivity contribution >= 4 is 40.0 Å². The van der Waals surface area contributed by atoms with Gasteiger partial charge in [0, 0.05) is 13.1 Å². The number of nitrogens with one attached hydrogen (secondary N) is 3. The first kappa shape index (κ1) is 27.0. The van der Waals surface area contributed by atoms with Crippen LogP contribution < -0.4 is 15.4 Å². The molecule has 1 saturated carbocycles. The van der Waals surface area contributed by atoms with Gasteiger partial charge in [-0.2, -0.15) is 13.2 Å². The van der Waals surface area contributed by atoms with Gasteiger partial charge in [-0.15, -0.1) is 24.0 Å². The highest BCUT2D eigenvalue weighted by atomic mass is 127. The summed E-state index contributed by atoms with van der Waals surface area (Å²) in [7, 11) is -3.40. The van der Waals surface area contributed by atoms with E-state index in [1.165, 1.54) is 6.07 Å². The molecule has 1 atom stereocenters. The van der Waals surface area contributed by atoms with Crippen LogP contribution in [0.15, 0.2) is 29.3 Å². The Bertz CT molecular complexity index is 799. The van der Waals surface area contributed by atoms with Gasteiger partial charge in [0.2, 0.25) is 10.0 Å². The summed E-state index contributed by atoms with van der Waals surface area (Å²) in [6.45, 7) is 4.62. The largest absolute Gasteiger partial charge is 0.416 e. The summed E-state index contributed by atoms with van der Waals surface area (Å²) in [4.78, 5) is 4.25. The zero-order chi connectivity index (χ0) is 21.5. The quantitative estimate of drug-likeness (QED) is 0.244. The Balaban J connectivity index is 0.00000450. The van der Waals surface area contributed by atoms with Crippen molar-refractivity contribution in [3.8, 4) is 0 Å². The smallest absolute Gasteiger partial charge is 0.357 e. The first-order chi connectivity index (χ1) is 13.6. The molecule has 1 aliphatic rings. The van der Waals surface area contributed by atoms with Crippen molar-refractivity contribution in [2.45, 2.75) is 45.3 Å². The fourth-order valence-electron chi connectivity index (χ4n) is 2.88. The van der Waals surface area contributed by atoms with E-state index >= 15 is 0 Å². The van der Waals surface area contributed by atoms with Crippen LogP contribution in [0.3, 0.4) is 0 Å². The maximum Gasteiger partial charge on any atom is 0.416 e. The molecule has 1 aliphatic carbocycles. The summed E-state index contributed by atoms with van der Waals surface area (Å²) in [5.41, 5.74) is -0.255. The zero-order valence-corrected chi connectivity index (χ0v) is 20.3. The van der Waals surface area contributed by atoms with Gasteiger partial charge >= 0.3 is 6.18 Å². The van der Waals surface area contributed by atoms with E-state index in [2.05, 4.69) is 20.3 Å². The van der Waals surface area contributed by atoms with Crippen LogP contribution in [0.25, 0.3) is 0 Å². The maximum atomic E-state index is 12.9. The lowest BCUT2D eigenvalue weighted by molar-refractivity contribution is -0.137. The number of sulfonamides is 1. The van der Waals surface area contributed by atoms with Gasteiger partial charge in [-0.3, -0.25) is 4.99 Å². The van der Waals surface area contributed by atoms with Crippen molar-refractivity contribution in [3.05, 3.63) is 35.4 Å². The van der Waals surface area contributed by atoms with E-state index in [0.29, 0.717) is 30.5 Å². The molecular weight excluding hydrogens is 532 g/mol. The number of alkyl halides is 3. The van der Waals surface area contributed by atoms with Crippen molar-refractivity contribution in [2.24, 2.45) is 10.9 Å². The summed E-state index contributed by atoms with van der Waals surface area (Å²) < 4.78 is 65.5. The molecule has 6 nitrogen and oxygen atoms in total. The van der Waals surface area contributed by atoms with E-state index in [1.807, 2.05) is 6.92 Å². The number of guanidine groups is 1. The Morgan fingerprint density at radius 2 is 2.00 bits per heavy atom. The first-order valence-electron chi connectivity index (χ1n) is 9.80. The van der Waals surface area contributed by atoms with E-state index < -0.39 is 27.8 Å². The van der Waals surface area contributed by atoms with Crippen LogP contribution in [-0.2, 0) is 16.2 Å². The van der Waals surface area contributed by atoms with Gasteiger partial charge in [0.25, 0.3) is 0 Å². The highest BCUT2D eigenvalue weighted by Crippen LogP contribution is 2.30. The lowest BCUT2D eigenvalue weighted by Gasteiger charge is -2.25. The topological polar surface area (TPSA) is 82.6 Å². The standard InChI is InChI=1S/C19H29F3N4O2S.HI/c1-3-23-18(24-10-11-29(27,28)25-13-15-6-4-7-15)26-14(2)16-8-5-9-17(12-16)19(20,21)22;/h5,8-9,12,14-15,25H,3-4,6-7,10-11,13H2,1-2H3,(H2,23,24,26);1H. The molecule has 30 heavy (non-hydrogen) atoms. The second-order valence-electron chi connectivity index (χ2n) is 7.21. The average Bonchev–Trinajstić information content (AvgIpc) is 2.59. The maximum absolute atomic E-state index is 12.9. The molecule has 0 radical (unpaired) electrons. The molecular formula is C19H30F3IN4O2S. The number of aliphatic imine (C=N–C) groups is 1. The molecule has 0 heterocycles. The molecule has 11 heteroatoms. The predicted molar refractivity (Wildman–Crippen MR) is 124 cm³/mol. The molecule has 0 bridgehead atoms. The van der Waals surface area contributed by atoms with Gasteiger partial charge in [-0.1, -0.05) is 18.6 Å². The van der Waals surface area contributed by atoms with Crippen molar-refractivity contribution in [3.63, 3.8) is 0 Å². The zero-order valence-electron chi connectivity index (χ0n) is 17.1. The molecule has 0 saturated heterocycles. The lowest BCUT2D eigenvalue weighted by Crippen LogP contribution is -2.39. The summed E-state index contributed by atoms with van der Waals surface area (Å²) in [6, 6.07) is 4.64. The van der Waals surface area contributed by atoms with Crippen molar-refractivity contribution in [1.29, 1.82) is 0 Å². The summed E-state index contributed by atoms with van der Waals surface area (Å²) >= 11 is 0. The molecule has 0 aromatic heterocycles. The van der Waals surface area contributed by atoms with E-state index in [1.54, 1.807) is 13.0 Å². The Kier molecular flexibility index (Phi) is 10.9. The van der Waals surface area contributed by atoms with Gasteiger partial charge in [-0.25, -0.2) is 13.1 Å². The number of rotatable bonds is 9. The Labute approximate surface area is 193 Å². The minimum atomic E-state index is -4.41. The number of nitrogens with zero attached hydrogens (tertiary/aromatic N) is 1. The van der Waals surface area contributed by atoms with Crippen molar-refractivity contribution in [2.75, 3.05) is 25.4 Å². The minimum absolute atomic E-state index is 0. The summed E-state index contributed by atoms with van der Waals surface area (Å²) in [5, 5.41) is 6.01. The second kappa shape index (κ2) is 12.1. The second-order valence-corrected chi connectivity index (χ2v) is 9.14. The van der Waals surface area contributed by atoms with Crippen LogP contribution in [0, 0.1) is 5.92 Å². The first-order valence-corrected chi connectivity index (χ1v) is 11.5. The molecule has 3 N–H and O–H groups in total. The SMILES string of the molecule is CCNC(=NCCS(=O)(=O)NCC1CCC1)NC(C)c1cccc(C(F)(F)F)c1.I. The fraction of sp³-hybridized carbons (Fsp3) is 0.632. The monoisotopic (exact) mass is 562 g/mol. The van der Waals surface area contributed by atoms with Gasteiger partial charge in [0.15, 0.2) is 5.96 Å². The lowest BCUT2D eigenvalue weighted by atomic mass is 9.86. The van der Waals surface area contributed by atoms with E-state index in [-0.39, 0.29) is 36.3 Å². The van der Waals surface area contributed by atoms with Crippen LogP contribution in [0.2, 0.25) is 0 Å². The van der Waals surface area contributed by atoms with Crippen molar-refractivity contribution < 1.29 is 21.6 Å². The molecule has 1 aromatic carbocycles. The third kappa shape index (κ3) is 8.96. The summed E-state index contributed by atoms with van der Waals surface area (Å²) in [6.07, 6.45) is -1.14.